The number of carbonyl (C=O) groups excluding carboxylic acids is 3. The van der Waals surface area contributed by atoms with Gasteiger partial charge in [-0.25, -0.2) is 0 Å². The first-order chi connectivity index (χ1) is 18.9. The van der Waals surface area contributed by atoms with Crippen molar-refractivity contribution in [3.8, 4) is 11.5 Å². The molecule has 1 N–H and O–H groups in total. The normalized spacial score (nSPS) is 20.2. The van der Waals surface area contributed by atoms with Crippen molar-refractivity contribution in [1.82, 2.24) is 15.1 Å². The van der Waals surface area contributed by atoms with Crippen LogP contribution >= 0.6 is 0 Å². The van der Waals surface area contributed by atoms with Crippen molar-refractivity contribution in [2.75, 3.05) is 26.5 Å². The summed E-state index contributed by atoms with van der Waals surface area (Å²) in [5.41, 5.74) is 0.421. The van der Waals surface area contributed by atoms with Gasteiger partial charge < -0.3 is 28.8 Å². The molecule has 6 rings (SSSR count). The number of nitrogens with zero attached hydrogens (tertiary/aromatic N) is 2. The average Bonchev–Trinajstić information content (AvgIpc) is 3.73. The van der Waals surface area contributed by atoms with Gasteiger partial charge >= 0.3 is 0 Å². The van der Waals surface area contributed by atoms with E-state index in [0.717, 1.165) is 5.56 Å². The molecule has 2 aromatic carbocycles. The number of furan rings is 1. The van der Waals surface area contributed by atoms with Gasteiger partial charge in [-0.15, -0.1) is 0 Å². The van der Waals surface area contributed by atoms with Gasteiger partial charge in [-0.2, -0.15) is 0 Å². The first kappa shape index (κ1) is 25.0. The zero-order valence-corrected chi connectivity index (χ0v) is 21.5. The Morgan fingerprint density at radius 1 is 0.949 bits per heavy atom. The van der Waals surface area contributed by atoms with Crippen molar-refractivity contribution < 1.29 is 33.0 Å². The lowest BCUT2D eigenvalue weighted by molar-refractivity contribution is -0.128. The van der Waals surface area contributed by atoms with Crippen LogP contribution in [0.4, 0.5) is 0 Å². The maximum atomic E-state index is 13.7. The molecule has 3 aromatic rings. The molecule has 0 radical (unpaired) electrons. The molecule has 4 heterocycles. The Balaban J connectivity index is 1.20. The maximum absolute atomic E-state index is 13.7. The third kappa shape index (κ3) is 4.61. The predicted octanol–water partition coefficient (Wildman–Crippen LogP) is 3.36. The smallest absolute Gasteiger partial charge is 0.292 e. The summed E-state index contributed by atoms with van der Waals surface area (Å²) in [7, 11) is 0. The monoisotopic (exact) mass is 531 g/mol. The molecule has 39 heavy (non-hydrogen) atoms. The number of amides is 3. The highest BCUT2D eigenvalue weighted by atomic mass is 16.7. The Labute approximate surface area is 225 Å². The second-order valence-electron chi connectivity index (χ2n) is 9.93. The van der Waals surface area contributed by atoms with E-state index in [-0.39, 0.29) is 37.0 Å². The lowest BCUT2D eigenvalue weighted by Gasteiger charge is -2.44. The van der Waals surface area contributed by atoms with Gasteiger partial charge in [0.2, 0.25) is 12.7 Å². The number of nitrogens with one attached hydrogen (secondary N) is 1. The zero-order chi connectivity index (χ0) is 27.0. The Kier molecular flexibility index (Phi) is 6.48. The molecule has 2 unspecified atom stereocenters. The largest absolute Gasteiger partial charge is 0.459 e. The van der Waals surface area contributed by atoms with Crippen LogP contribution in [0.1, 0.15) is 52.3 Å². The highest BCUT2D eigenvalue weighted by Gasteiger charge is 2.55. The summed E-state index contributed by atoms with van der Waals surface area (Å²) < 4.78 is 22.4. The molecule has 2 atom stereocenters. The van der Waals surface area contributed by atoms with E-state index in [0.29, 0.717) is 43.0 Å². The molecule has 10 heteroatoms. The fourth-order valence-corrected chi connectivity index (χ4v) is 5.49. The van der Waals surface area contributed by atoms with Gasteiger partial charge in [0.15, 0.2) is 17.3 Å². The Morgan fingerprint density at radius 3 is 2.46 bits per heavy atom. The third-order valence-corrected chi connectivity index (χ3v) is 7.62. The second kappa shape index (κ2) is 10.1. The van der Waals surface area contributed by atoms with Crippen LogP contribution in [0, 0.1) is 0 Å². The topological polar surface area (TPSA) is 111 Å². The number of piperidine rings is 1. The number of rotatable bonds is 5. The van der Waals surface area contributed by atoms with Crippen LogP contribution in [0.2, 0.25) is 0 Å². The number of fused-ring (bicyclic) bond motifs is 1. The highest BCUT2D eigenvalue weighted by Crippen LogP contribution is 2.39. The van der Waals surface area contributed by atoms with Crippen molar-refractivity contribution in [1.29, 1.82) is 0 Å². The molecule has 0 aliphatic carbocycles. The molecule has 2 fully saturated rings. The molecule has 10 nitrogen and oxygen atoms in total. The van der Waals surface area contributed by atoms with Crippen LogP contribution in [0.5, 0.6) is 11.5 Å². The quantitative estimate of drug-likeness (QED) is 0.538. The fourth-order valence-electron chi connectivity index (χ4n) is 5.49. The van der Waals surface area contributed by atoms with Crippen molar-refractivity contribution in [2.45, 2.75) is 37.6 Å². The second-order valence-corrected chi connectivity index (χ2v) is 9.93. The molecule has 2 saturated heterocycles. The van der Waals surface area contributed by atoms with Crippen molar-refractivity contribution >= 4 is 17.7 Å². The zero-order valence-electron chi connectivity index (χ0n) is 21.5. The molecule has 1 spiro atoms. The number of likely N-dealkylation sites (tertiary alicyclic amines) is 1. The maximum Gasteiger partial charge on any atom is 0.292 e. The molecule has 202 valence electrons. The van der Waals surface area contributed by atoms with Crippen LogP contribution in [-0.2, 0) is 9.53 Å². The summed E-state index contributed by atoms with van der Waals surface area (Å²) in [6.45, 7) is 2.79. The van der Waals surface area contributed by atoms with E-state index in [1.807, 2.05) is 37.3 Å². The van der Waals surface area contributed by atoms with E-state index >= 15 is 0 Å². The predicted molar refractivity (Wildman–Crippen MR) is 138 cm³/mol. The molecule has 3 aliphatic heterocycles. The Morgan fingerprint density at radius 2 is 1.72 bits per heavy atom. The van der Waals surface area contributed by atoms with Crippen molar-refractivity contribution in [3.05, 3.63) is 83.8 Å². The van der Waals surface area contributed by atoms with Gasteiger partial charge in [0.05, 0.1) is 18.9 Å². The minimum Gasteiger partial charge on any atom is -0.459 e. The number of ether oxygens (including phenoxy) is 3. The number of hydrogen-bond donors (Lipinski definition) is 1. The Bertz CT molecular complexity index is 1370. The summed E-state index contributed by atoms with van der Waals surface area (Å²) in [5.74, 6) is 0.426. The highest BCUT2D eigenvalue weighted by molar-refractivity contribution is 5.97. The standard InChI is InChI=1S/C29H29N3O7/c1-19(20-6-3-2-4-7-20)30-26(33)22-17-39-29(32(22)28(35)24-8-5-15-36-24)11-13-31(14-12-29)27(34)21-9-10-23-25(16-21)38-18-37-23/h2-10,15-16,19,22H,11-14,17-18H2,1H3,(H,30,33). The van der Waals surface area contributed by atoms with Gasteiger partial charge in [0.25, 0.3) is 11.8 Å². The van der Waals surface area contributed by atoms with Gasteiger partial charge in [-0.3, -0.25) is 19.3 Å². The van der Waals surface area contributed by atoms with Gasteiger partial charge in [-0.05, 0) is 42.8 Å². The van der Waals surface area contributed by atoms with Crippen LogP contribution in [0.3, 0.4) is 0 Å². The SMILES string of the molecule is CC(NC(=O)C1COC2(CCN(C(=O)c3ccc4c(c3)OCO4)CC2)N1C(=O)c1ccco1)c1ccccc1. The molecular formula is C29H29N3O7. The van der Waals surface area contributed by atoms with Gasteiger partial charge in [-0.1, -0.05) is 30.3 Å². The lowest BCUT2D eigenvalue weighted by atomic mass is 9.96. The van der Waals surface area contributed by atoms with E-state index in [4.69, 9.17) is 18.6 Å². The lowest BCUT2D eigenvalue weighted by Crippen LogP contribution is -2.59. The van der Waals surface area contributed by atoms with E-state index < -0.39 is 17.7 Å². The summed E-state index contributed by atoms with van der Waals surface area (Å²) >= 11 is 0. The first-order valence-corrected chi connectivity index (χ1v) is 13.0. The van der Waals surface area contributed by atoms with E-state index in [1.54, 1.807) is 35.2 Å². The van der Waals surface area contributed by atoms with E-state index in [2.05, 4.69) is 5.32 Å². The summed E-state index contributed by atoms with van der Waals surface area (Å²) in [4.78, 5) is 43.7. The third-order valence-electron chi connectivity index (χ3n) is 7.62. The van der Waals surface area contributed by atoms with Gasteiger partial charge in [0.1, 0.15) is 11.8 Å². The summed E-state index contributed by atoms with van der Waals surface area (Å²) in [6, 6.07) is 16.9. The van der Waals surface area contributed by atoms with Crippen LogP contribution in [0.15, 0.2) is 71.3 Å². The minimum atomic E-state index is -1.03. The summed E-state index contributed by atoms with van der Waals surface area (Å²) in [5, 5.41) is 3.03. The molecule has 3 amide bonds. The van der Waals surface area contributed by atoms with Crippen molar-refractivity contribution in [3.63, 3.8) is 0 Å². The van der Waals surface area contributed by atoms with Crippen LogP contribution < -0.4 is 14.8 Å². The minimum absolute atomic E-state index is 0.0515. The van der Waals surface area contributed by atoms with E-state index in [1.165, 1.54) is 11.2 Å². The molecular weight excluding hydrogens is 502 g/mol. The summed E-state index contributed by atoms with van der Waals surface area (Å²) in [6.07, 6.45) is 2.14. The molecule has 3 aliphatic rings. The number of hydrogen-bond acceptors (Lipinski definition) is 7. The molecule has 0 bridgehead atoms. The van der Waals surface area contributed by atoms with E-state index in [9.17, 15) is 14.4 Å². The van der Waals surface area contributed by atoms with Crippen LogP contribution in [-0.4, -0.2) is 65.8 Å². The molecule has 0 saturated carbocycles. The van der Waals surface area contributed by atoms with Crippen LogP contribution in [0.25, 0.3) is 0 Å². The van der Waals surface area contributed by atoms with Crippen molar-refractivity contribution in [2.24, 2.45) is 0 Å². The number of benzene rings is 2. The Hall–Kier alpha value is -4.31. The first-order valence-electron chi connectivity index (χ1n) is 13.0. The van der Waals surface area contributed by atoms with Gasteiger partial charge in [0, 0.05) is 31.5 Å². The number of carbonyl (C=O) groups is 3. The fraction of sp³-hybridized carbons (Fsp3) is 0.345. The average molecular weight is 532 g/mol. The molecule has 1 aromatic heterocycles.